The van der Waals surface area contributed by atoms with Gasteiger partial charge in [0, 0.05) is 38.6 Å². The van der Waals surface area contributed by atoms with Gasteiger partial charge in [0.15, 0.2) is 0 Å². The highest BCUT2D eigenvalue weighted by atomic mass is 16.2. The topological polar surface area (TPSA) is 75.1 Å². The number of piperidine rings is 1. The summed E-state index contributed by atoms with van der Waals surface area (Å²) in [6.45, 7) is 7.66. The van der Waals surface area contributed by atoms with Crippen LogP contribution in [-0.4, -0.2) is 33.9 Å². The van der Waals surface area contributed by atoms with Gasteiger partial charge in [0.1, 0.15) is 5.82 Å². The molecular weight excluding hydrogens is 316 g/mol. The molecule has 0 spiro atoms. The number of pyridine rings is 1. The molecule has 0 radical (unpaired) electrons. The Bertz CT molecular complexity index is 688. The maximum Gasteiger partial charge on any atom is 0.319 e. The van der Waals surface area contributed by atoms with Crippen LogP contribution in [-0.2, 0) is 13.1 Å². The summed E-state index contributed by atoms with van der Waals surface area (Å²) >= 11 is 0. The Hall–Kier alpha value is -2.57. The van der Waals surface area contributed by atoms with Crippen LogP contribution >= 0.6 is 0 Å². The third-order valence-corrected chi connectivity index (χ3v) is 4.58. The molecular formula is C18H26N6O. The summed E-state index contributed by atoms with van der Waals surface area (Å²) in [7, 11) is 0. The lowest BCUT2D eigenvalue weighted by Gasteiger charge is -2.31. The predicted molar refractivity (Wildman–Crippen MR) is 98.6 cm³/mol. The van der Waals surface area contributed by atoms with E-state index in [4.69, 9.17) is 0 Å². The molecule has 2 aromatic heterocycles. The maximum atomic E-state index is 11.9. The highest BCUT2D eigenvalue weighted by molar-refractivity contribution is 5.88. The Morgan fingerprint density at radius 1 is 1.28 bits per heavy atom. The smallest absolute Gasteiger partial charge is 0.319 e. The third-order valence-electron chi connectivity index (χ3n) is 4.58. The number of hydrogen-bond acceptors (Lipinski definition) is 4. The first-order valence-corrected chi connectivity index (χ1v) is 8.91. The number of aromatic nitrogens is 3. The summed E-state index contributed by atoms with van der Waals surface area (Å²) in [6.07, 6.45) is 7.72. The second-order valence-electron chi connectivity index (χ2n) is 6.59. The Balaban J connectivity index is 1.47. The van der Waals surface area contributed by atoms with Crippen molar-refractivity contribution < 1.29 is 4.79 Å². The van der Waals surface area contributed by atoms with Crippen LogP contribution in [0.1, 0.15) is 32.3 Å². The van der Waals surface area contributed by atoms with Crippen LogP contribution in [0, 0.1) is 5.92 Å². The van der Waals surface area contributed by atoms with Gasteiger partial charge < -0.3 is 15.5 Å². The van der Waals surface area contributed by atoms with Crippen molar-refractivity contribution in [2.75, 3.05) is 23.3 Å². The second kappa shape index (κ2) is 8.00. The van der Waals surface area contributed by atoms with Gasteiger partial charge in [-0.25, -0.2) is 9.78 Å². The molecule has 0 aliphatic carbocycles. The lowest BCUT2D eigenvalue weighted by Crippen LogP contribution is -2.33. The summed E-state index contributed by atoms with van der Waals surface area (Å²) in [6, 6.07) is 3.82. The van der Waals surface area contributed by atoms with E-state index in [1.807, 2.05) is 25.3 Å². The number of urea groups is 1. The first-order valence-electron chi connectivity index (χ1n) is 8.91. The van der Waals surface area contributed by atoms with Crippen molar-refractivity contribution in [2.24, 2.45) is 5.92 Å². The largest absolute Gasteiger partial charge is 0.357 e. The Kier molecular flexibility index (Phi) is 5.53. The highest BCUT2D eigenvalue weighted by Crippen LogP contribution is 2.21. The normalized spacial score (nSPS) is 15.2. The predicted octanol–water partition coefficient (Wildman–Crippen LogP) is 2.86. The summed E-state index contributed by atoms with van der Waals surface area (Å²) in [5, 5.41) is 9.74. The van der Waals surface area contributed by atoms with Crippen molar-refractivity contribution in [1.82, 2.24) is 20.1 Å². The van der Waals surface area contributed by atoms with E-state index in [1.165, 1.54) is 12.8 Å². The van der Waals surface area contributed by atoms with E-state index in [0.717, 1.165) is 36.9 Å². The van der Waals surface area contributed by atoms with E-state index in [-0.39, 0.29) is 6.03 Å². The Morgan fingerprint density at radius 2 is 2.08 bits per heavy atom. The van der Waals surface area contributed by atoms with Crippen LogP contribution in [0.5, 0.6) is 0 Å². The number of carbonyl (C=O) groups is 1. The molecule has 1 saturated heterocycles. The van der Waals surface area contributed by atoms with Crippen molar-refractivity contribution in [2.45, 2.75) is 39.8 Å². The molecule has 2 amide bonds. The molecule has 7 heteroatoms. The zero-order valence-electron chi connectivity index (χ0n) is 14.9. The minimum atomic E-state index is -0.246. The fourth-order valence-electron chi connectivity index (χ4n) is 2.90. The van der Waals surface area contributed by atoms with Crippen LogP contribution in [0.2, 0.25) is 0 Å². The van der Waals surface area contributed by atoms with Crippen LogP contribution in [0.15, 0.2) is 30.7 Å². The van der Waals surface area contributed by atoms with E-state index >= 15 is 0 Å². The van der Waals surface area contributed by atoms with Crippen LogP contribution < -0.4 is 15.5 Å². The Morgan fingerprint density at radius 3 is 2.72 bits per heavy atom. The molecule has 0 aromatic carbocycles. The number of carbonyl (C=O) groups excluding carboxylic acids is 1. The van der Waals surface area contributed by atoms with Gasteiger partial charge in [-0.15, -0.1) is 0 Å². The summed E-state index contributed by atoms with van der Waals surface area (Å²) in [5.41, 5.74) is 1.67. The molecule has 1 aliphatic heterocycles. The van der Waals surface area contributed by atoms with Gasteiger partial charge in [0.05, 0.1) is 11.9 Å². The second-order valence-corrected chi connectivity index (χ2v) is 6.59. The molecule has 3 rings (SSSR count). The molecule has 1 aliphatic rings. The average molecular weight is 342 g/mol. The fraction of sp³-hybridized carbons (Fsp3) is 0.500. The average Bonchev–Trinajstić information content (AvgIpc) is 3.09. The van der Waals surface area contributed by atoms with Gasteiger partial charge in [-0.05, 0) is 37.3 Å². The minimum Gasteiger partial charge on any atom is -0.357 e. The Labute approximate surface area is 148 Å². The van der Waals surface area contributed by atoms with E-state index in [1.54, 1.807) is 17.1 Å². The van der Waals surface area contributed by atoms with Crippen LogP contribution in [0.4, 0.5) is 16.3 Å². The van der Waals surface area contributed by atoms with Gasteiger partial charge in [0.25, 0.3) is 0 Å². The molecule has 0 unspecified atom stereocenters. The van der Waals surface area contributed by atoms with E-state index in [2.05, 4.69) is 32.5 Å². The maximum absolute atomic E-state index is 11.9. The molecule has 0 atom stereocenters. The van der Waals surface area contributed by atoms with Gasteiger partial charge in [-0.2, -0.15) is 5.10 Å². The molecule has 0 saturated carbocycles. The lowest BCUT2D eigenvalue weighted by atomic mass is 9.99. The fourth-order valence-corrected chi connectivity index (χ4v) is 2.90. The molecule has 2 N–H and O–H groups in total. The van der Waals surface area contributed by atoms with Crippen LogP contribution in [0.25, 0.3) is 0 Å². The zero-order valence-corrected chi connectivity index (χ0v) is 14.9. The molecule has 134 valence electrons. The standard InChI is InChI=1S/C18H26N6O/c1-3-24-13-16(12-21-24)22-18(25)20-11-15-4-5-17(19-10-15)23-8-6-14(2)7-9-23/h4-5,10,12-14H,3,6-9,11H2,1-2H3,(H2,20,22,25). The molecule has 0 bridgehead atoms. The SMILES string of the molecule is CCn1cc(NC(=O)NCc2ccc(N3CCC(C)CC3)nc2)cn1. The van der Waals surface area contributed by atoms with Gasteiger partial charge in [-0.1, -0.05) is 13.0 Å². The molecule has 3 heterocycles. The number of hydrogen-bond donors (Lipinski definition) is 2. The molecule has 2 aromatic rings. The van der Waals surface area contributed by atoms with E-state index in [9.17, 15) is 4.79 Å². The summed E-state index contributed by atoms with van der Waals surface area (Å²) in [5.74, 6) is 1.83. The molecule has 25 heavy (non-hydrogen) atoms. The minimum absolute atomic E-state index is 0.246. The zero-order chi connectivity index (χ0) is 17.6. The summed E-state index contributed by atoms with van der Waals surface area (Å²) in [4.78, 5) is 18.8. The lowest BCUT2D eigenvalue weighted by molar-refractivity contribution is 0.251. The third kappa shape index (κ3) is 4.71. The monoisotopic (exact) mass is 342 g/mol. The van der Waals surface area contributed by atoms with Crippen molar-refractivity contribution in [3.8, 4) is 0 Å². The number of nitrogens with zero attached hydrogens (tertiary/aromatic N) is 4. The first kappa shape index (κ1) is 17.3. The van der Waals surface area contributed by atoms with Crippen molar-refractivity contribution in [3.63, 3.8) is 0 Å². The summed E-state index contributed by atoms with van der Waals surface area (Å²) < 4.78 is 1.76. The number of anilines is 2. The number of amides is 2. The van der Waals surface area contributed by atoms with Gasteiger partial charge >= 0.3 is 6.03 Å². The van der Waals surface area contributed by atoms with E-state index < -0.39 is 0 Å². The number of rotatable bonds is 5. The number of aryl methyl sites for hydroxylation is 1. The molecule has 7 nitrogen and oxygen atoms in total. The highest BCUT2D eigenvalue weighted by Gasteiger charge is 2.16. The molecule has 1 fully saturated rings. The number of nitrogens with one attached hydrogen (secondary N) is 2. The van der Waals surface area contributed by atoms with Gasteiger partial charge in [0.2, 0.25) is 0 Å². The first-order chi connectivity index (χ1) is 12.1. The van der Waals surface area contributed by atoms with Crippen molar-refractivity contribution in [1.29, 1.82) is 0 Å². The van der Waals surface area contributed by atoms with Gasteiger partial charge in [-0.3, -0.25) is 4.68 Å². The van der Waals surface area contributed by atoms with Crippen molar-refractivity contribution >= 4 is 17.5 Å². The van der Waals surface area contributed by atoms with Crippen molar-refractivity contribution in [3.05, 3.63) is 36.3 Å². The quantitative estimate of drug-likeness (QED) is 0.876. The van der Waals surface area contributed by atoms with Crippen LogP contribution in [0.3, 0.4) is 0 Å². The van der Waals surface area contributed by atoms with E-state index in [0.29, 0.717) is 12.2 Å².